The molecule has 1 aromatic heterocycles. The summed E-state index contributed by atoms with van der Waals surface area (Å²) in [5, 5.41) is 6.16. The average Bonchev–Trinajstić information content (AvgIpc) is 3.29. The largest absolute Gasteiger partial charge is 0.497 e. The lowest BCUT2D eigenvalue weighted by Gasteiger charge is -2.22. The molecule has 4 aromatic rings. The fraction of sp³-hybridized carbons (Fsp3) is 0.120. The van der Waals surface area contributed by atoms with Gasteiger partial charge in [0, 0.05) is 35.5 Å². The second kappa shape index (κ2) is 8.19. The van der Waals surface area contributed by atoms with Crippen molar-refractivity contribution in [3.05, 3.63) is 102 Å². The molecular formula is C25H19FN4O2. The Bertz CT molecular complexity index is 1330. The Morgan fingerprint density at radius 2 is 1.81 bits per heavy atom. The maximum atomic E-state index is 13.4. The Kier molecular flexibility index (Phi) is 5.07. The number of ether oxygens (including phenoxy) is 1. The number of hydrogen-bond acceptors (Lipinski definition) is 5. The first-order chi connectivity index (χ1) is 15.6. The van der Waals surface area contributed by atoms with E-state index < -0.39 is 5.82 Å². The summed E-state index contributed by atoms with van der Waals surface area (Å²) >= 11 is 0. The highest BCUT2D eigenvalue weighted by molar-refractivity contribution is 6.05. The van der Waals surface area contributed by atoms with Crippen LogP contribution in [0, 0.1) is 5.82 Å². The maximum Gasteiger partial charge on any atom is 0.274 e. The number of benzene rings is 3. The van der Waals surface area contributed by atoms with Gasteiger partial charge in [-0.1, -0.05) is 24.3 Å². The van der Waals surface area contributed by atoms with Gasteiger partial charge in [0.2, 0.25) is 0 Å². The predicted octanol–water partition coefficient (Wildman–Crippen LogP) is 4.77. The van der Waals surface area contributed by atoms with Crippen molar-refractivity contribution in [3.63, 3.8) is 0 Å². The topological polar surface area (TPSA) is 67.7 Å². The minimum atomic E-state index is -0.399. The van der Waals surface area contributed by atoms with Crippen LogP contribution in [0.1, 0.15) is 33.9 Å². The molecule has 5 rings (SSSR count). The number of methoxy groups -OCH3 is 1. The van der Waals surface area contributed by atoms with Crippen LogP contribution < -0.4 is 4.74 Å². The number of amides is 1. The molecule has 0 saturated carbocycles. The van der Waals surface area contributed by atoms with Crippen LogP contribution in [0.15, 0.2) is 84.2 Å². The van der Waals surface area contributed by atoms with Crippen molar-refractivity contribution in [2.45, 2.75) is 12.5 Å². The number of hydrogen-bond donors (Lipinski definition) is 0. The van der Waals surface area contributed by atoms with Crippen LogP contribution in [-0.2, 0) is 0 Å². The van der Waals surface area contributed by atoms with Crippen molar-refractivity contribution in [1.82, 2.24) is 15.0 Å². The SMILES string of the molecule is COc1cccc(C2=NN(C(=O)c3ccc(F)cc3)[C@@H](c3cccc4nccnc34)C2)c1. The van der Waals surface area contributed by atoms with E-state index in [0.29, 0.717) is 17.7 Å². The van der Waals surface area contributed by atoms with Crippen molar-refractivity contribution in [1.29, 1.82) is 0 Å². The van der Waals surface area contributed by atoms with Crippen molar-refractivity contribution in [2.24, 2.45) is 5.10 Å². The summed E-state index contributed by atoms with van der Waals surface area (Å²) in [5.41, 5.74) is 4.31. The lowest BCUT2D eigenvalue weighted by Crippen LogP contribution is -2.27. The van der Waals surface area contributed by atoms with E-state index in [-0.39, 0.29) is 11.9 Å². The molecule has 0 radical (unpaired) electrons. The molecule has 0 spiro atoms. The Morgan fingerprint density at radius 1 is 1.03 bits per heavy atom. The zero-order valence-corrected chi connectivity index (χ0v) is 17.3. The molecule has 0 fully saturated rings. The standard InChI is InChI=1S/C25H19FN4O2/c1-32-19-5-2-4-17(14-19)22-15-23(20-6-3-7-21-24(20)28-13-12-27-21)30(29-22)25(31)16-8-10-18(26)11-9-16/h2-14,23H,15H2,1H3/t23-/m1/s1. The highest BCUT2D eigenvalue weighted by atomic mass is 19.1. The zero-order valence-electron chi connectivity index (χ0n) is 17.3. The van der Waals surface area contributed by atoms with Gasteiger partial charge in [0.1, 0.15) is 11.6 Å². The van der Waals surface area contributed by atoms with Gasteiger partial charge in [-0.05, 0) is 42.5 Å². The number of para-hydroxylation sites is 1. The molecule has 3 aromatic carbocycles. The van der Waals surface area contributed by atoms with Crippen molar-refractivity contribution in [3.8, 4) is 5.75 Å². The number of aromatic nitrogens is 2. The summed E-state index contributed by atoms with van der Waals surface area (Å²) in [4.78, 5) is 22.3. The van der Waals surface area contributed by atoms with Crippen molar-refractivity contribution < 1.29 is 13.9 Å². The van der Waals surface area contributed by atoms with Gasteiger partial charge < -0.3 is 4.74 Å². The molecule has 0 unspecified atom stereocenters. The van der Waals surface area contributed by atoms with E-state index >= 15 is 0 Å². The molecular weight excluding hydrogens is 407 g/mol. The van der Waals surface area contributed by atoms with Gasteiger partial charge in [0.25, 0.3) is 5.91 Å². The molecule has 1 atom stereocenters. The molecule has 7 heteroatoms. The summed E-state index contributed by atoms with van der Waals surface area (Å²) in [6.45, 7) is 0. The van der Waals surface area contributed by atoms with Gasteiger partial charge >= 0.3 is 0 Å². The zero-order chi connectivity index (χ0) is 22.1. The molecule has 1 aliphatic rings. The van der Waals surface area contributed by atoms with E-state index in [0.717, 1.165) is 27.9 Å². The van der Waals surface area contributed by atoms with Gasteiger partial charge in [-0.2, -0.15) is 5.10 Å². The lowest BCUT2D eigenvalue weighted by atomic mass is 9.96. The Morgan fingerprint density at radius 3 is 2.62 bits per heavy atom. The smallest absolute Gasteiger partial charge is 0.274 e. The lowest BCUT2D eigenvalue weighted by molar-refractivity contribution is 0.0712. The van der Waals surface area contributed by atoms with E-state index in [9.17, 15) is 9.18 Å². The highest BCUT2D eigenvalue weighted by Crippen LogP contribution is 2.36. The van der Waals surface area contributed by atoms with E-state index in [1.807, 2.05) is 42.5 Å². The van der Waals surface area contributed by atoms with Gasteiger partial charge in [-0.15, -0.1) is 0 Å². The number of halogens is 1. The Labute approximate surface area is 184 Å². The first kappa shape index (κ1) is 19.8. The number of hydrazone groups is 1. The van der Waals surface area contributed by atoms with E-state index in [1.54, 1.807) is 19.5 Å². The minimum absolute atomic E-state index is 0.311. The fourth-order valence-corrected chi connectivity index (χ4v) is 3.93. The van der Waals surface area contributed by atoms with Crippen LogP contribution in [0.3, 0.4) is 0 Å². The third-order valence-corrected chi connectivity index (χ3v) is 5.50. The van der Waals surface area contributed by atoms with Crippen molar-refractivity contribution in [2.75, 3.05) is 7.11 Å². The van der Waals surface area contributed by atoms with Gasteiger partial charge in [0.05, 0.1) is 29.9 Å². The molecule has 2 heterocycles. The molecule has 6 nitrogen and oxygen atoms in total. The van der Waals surface area contributed by atoms with Crippen LogP contribution in [0.5, 0.6) is 5.75 Å². The van der Waals surface area contributed by atoms with Crippen LogP contribution >= 0.6 is 0 Å². The molecule has 0 bridgehead atoms. The molecule has 0 saturated heterocycles. The second-order valence-electron chi connectivity index (χ2n) is 7.43. The summed E-state index contributed by atoms with van der Waals surface area (Å²) in [7, 11) is 1.61. The molecule has 32 heavy (non-hydrogen) atoms. The molecule has 158 valence electrons. The monoisotopic (exact) mass is 426 g/mol. The third kappa shape index (κ3) is 3.58. The molecule has 1 amide bonds. The Hall–Kier alpha value is -4.13. The van der Waals surface area contributed by atoms with E-state index in [4.69, 9.17) is 9.84 Å². The molecule has 0 aliphatic carbocycles. The summed E-state index contributed by atoms with van der Waals surface area (Å²) in [5.74, 6) is -0.000649. The summed E-state index contributed by atoms with van der Waals surface area (Å²) < 4.78 is 18.8. The average molecular weight is 426 g/mol. The van der Waals surface area contributed by atoms with Gasteiger partial charge in [0.15, 0.2) is 0 Å². The first-order valence-electron chi connectivity index (χ1n) is 10.1. The minimum Gasteiger partial charge on any atom is -0.497 e. The first-order valence-corrected chi connectivity index (χ1v) is 10.1. The number of nitrogens with zero attached hydrogens (tertiary/aromatic N) is 4. The summed E-state index contributed by atoms with van der Waals surface area (Å²) in [6.07, 6.45) is 3.77. The number of carbonyl (C=O) groups is 1. The number of rotatable bonds is 4. The molecule has 0 N–H and O–H groups in total. The maximum absolute atomic E-state index is 13.4. The van der Waals surface area contributed by atoms with Gasteiger partial charge in [-0.25, -0.2) is 9.40 Å². The van der Waals surface area contributed by atoms with Crippen LogP contribution in [-0.4, -0.2) is 33.7 Å². The number of fused-ring (bicyclic) bond motifs is 1. The number of carbonyl (C=O) groups excluding carboxylic acids is 1. The van der Waals surface area contributed by atoms with Crippen LogP contribution in [0.25, 0.3) is 11.0 Å². The quantitative estimate of drug-likeness (QED) is 0.472. The van der Waals surface area contributed by atoms with E-state index in [1.165, 1.54) is 29.3 Å². The van der Waals surface area contributed by atoms with E-state index in [2.05, 4.69) is 9.97 Å². The normalized spacial score (nSPS) is 15.6. The Balaban J connectivity index is 1.61. The summed E-state index contributed by atoms with van der Waals surface area (Å²) in [6, 6.07) is 18.4. The highest BCUT2D eigenvalue weighted by Gasteiger charge is 2.35. The fourth-order valence-electron chi connectivity index (χ4n) is 3.93. The second-order valence-corrected chi connectivity index (χ2v) is 7.43. The van der Waals surface area contributed by atoms with Gasteiger partial charge in [-0.3, -0.25) is 14.8 Å². The van der Waals surface area contributed by atoms with Crippen molar-refractivity contribution >= 4 is 22.7 Å². The molecule has 1 aliphatic heterocycles. The van der Waals surface area contributed by atoms with Crippen LogP contribution in [0.2, 0.25) is 0 Å². The predicted molar refractivity (Wildman–Crippen MR) is 119 cm³/mol. The van der Waals surface area contributed by atoms with Crippen LogP contribution in [0.4, 0.5) is 4.39 Å². The third-order valence-electron chi connectivity index (χ3n) is 5.50.